The monoisotopic (exact) mass is 332 g/mol. The minimum Gasteiger partial charge on any atom is -0.481 e. The van der Waals surface area contributed by atoms with Gasteiger partial charge in [0.15, 0.2) is 0 Å². The van der Waals surface area contributed by atoms with Crippen LogP contribution in [0.15, 0.2) is 30.3 Å². The molecule has 0 aliphatic heterocycles. The number of rotatable bonds is 7. The Morgan fingerprint density at radius 3 is 2.61 bits per heavy atom. The molecule has 1 atom stereocenters. The summed E-state index contributed by atoms with van der Waals surface area (Å²) in [7, 11) is 0. The first kappa shape index (κ1) is 17.1. The topological polar surface area (TPSA) is 79.3 Å². The summed E-state index contributed by atoms with van der Waals surface area (Å²) in [4.78, 5) is 28.6. The number of aromatic nitrogens is 1. The van der Waals surface area contributed by atoms with Crippen LogP contribution in [0.5, 0.6) is 0 Å². The van der Waals surface area contributed by atoms with Crippen molar-refractivity contribution in [3.63, 3.8) is 0 Å². The highest BCUT2D eigenvalue weighted by Crippen LogP contribution is 2.22. The molecule has 1 unspecified atom stereocenters. The van der Waals surface area contributed by atoms with Crippen LogP contribution in [0.2, 0.25) is 0 Å². The zero-order valence-corrected chi connectivity index (χ0v) is 14.0. The van der Waals surface area contributed by atoms with Crippen molar-refractivity contribution < 1.29 is 14.7 Å². The van der Waals surface area contributed by atoms with Gasteiger partial charge in [-0.05, 0) is 25.3 Å². The molecule has 0 radical (unpaired) electrons. The van der Waals surface area contributed by atoms with Gasteiger partial charge in [-0.15, -0.1) is 11.3 Å². The number of hydrogen-bond acceptors (Lipinski definition) is 4. The van der Waals surface area contributed by atoms with Gasteiger partial charge in [0.1, 0.15) is 4.88 Å². The van der Waals surface area contributed by atoms with Gasteiger partial charge in [0.2, 0.25) is 0 Å². The van der Waals surface area contributed by atoms with Gasteiger partial charge in [0.05, 0.1) is 23.2 Å². The Morgan fingerprint density at radius 2 is 2.00 bits per heavy atom. The molecule has 1 aromatic heterocycles. The van der Waals surface area contributed by atoms with Crippen LogP contribution in [0.4, 0.5) is 0 Å². The first-order valence-electron chi connectivity index (χ1n) is 7.55. The predicted molar refractivity (Wildman–Crippen MR) is 89.7 cm³/mol. The molecule has 1 aromatic carbocycles. The fourth-order valence-electron chi connectivity index (χ4n) is 2.32. The fraction of sp³-hybridized carbons (Fsp3) is 0.353. The maximum Gasteiger partial charge on any atom is 0.305 e. The van der Waals surface area contributed by atoms with Crippen molar-refractivity contribution in [1.82, 2.24) is 10.3 Å². The van der Waals surface area contributed by atoms with E-state index >= 15 is 0 Å². The maximum atomic E-state index is 12.5. The predicted octanol–water partition coefficient (Wildman–Crippen LogP) is 3.35. The minimum absolute atomic E-state index is 0.157. The standard InChI is InChI=1S/C17H20N2O3S/c1-3-7-14-18-11(2)16(23-14)17(22)19-13(10-15(20)21)12-8-5-4-6-9-12/h4-6,8-9,13H,3,7,10H2,1-2H3,(H,19,22)(H,20,21). The summed E-state index contributed by atoms with van der Waals surface area (Å²) in [6.45, 7) is 3.87. The molecule has 2 aromatic rings. The van der Waals surface area contributed by atoms with E-state index in [1.165, 1.54) is 11.3 Å². The largest absolute Gasteiger partial charge is 0.481 e. The highest BCUT2D eigenvalue weighted by Gasteiger charge is 2.21. The second-order valence-corrected chi connectivity index (χ2v) is 6.39. The Hall–Kier alpha value is -2.21. The molecule has 2 N–H and O–H groups in total. The lowest BCUT2D eigenvalue weighted by atomic mass is 10.0. The molecule has 0 aliphatic rings. The van der Waals surface area contributed by atoms with E-state index in [2.05, 4.69) is 17.2 Å². The molecule has 5 nitrogen and oxygen atoms in total. The third kappa shape index (κ3) is 4.63. The summed E-state index contributed by atoms with van der Waals surface area (Å²) < 4.78 is 0. The third-order valence-corrected chi connectivity index (χ3v) is 4.61. The smallest absolute Gasteiger partial charge is 0.305 e. The number of carbonyl (C=O) groups excluding carboxylic acids is 1. The number of carboxylic acid groups (broad SMARTS) is 1. The van der Waals surface area contributed by atoms with E-state index in [1.54, 1.807) is 6.92 Å². The van der Waals surface area contributed by atoms with Crippen molar-refractivity contribution in [2.45, 2.75) is 39.2 Å². The lowest BCUT2D eigenvalue weighted by molar-refractivity contribution is -0.137. The van der Waals surface area contributed by atoms with Crippen molar-refractivity contribution >= 4 is 23.2 Å². The molecular weight excluding hydrogens is 312 g/mol. The van der Waals surface area contributed by atoms with E-state index in [4.69, 9.17) is 5.11 Å². The Morgan fingerprint density at radius 1 is 1.30 bits per heavy atom. The summed E-state index contributed by atoms with van der Waals surface area (Å²) in [6, 6.07) is 8.58. The van der Waals surface area contributed by atoms with Crippen LogP contribution in [0.3, 0.4) is 0 Å². The van der Waals surface area contributed by atoms with Gasteiger partial charge in [-0.3, -0.25) is 9.59 Å². The van der Waals surface area contributed by atoms with Gasteiger partial charge < -0.3 is 10.4 Å². The van der Waals surface area contributed by atoms with Gasteiger partial charge in [-0.1, -0.05) is 37.3 Å². The lowest BCUT2D eigenvalue weighted by Gasteiger charge is -2.17. The summed E-state index contributed by atoms with van der Waals surface area (Å²) in [5.41, 5.74) is 1.47. The molecule has 2 rings (SSSR count). The molecule has 0 bridgehead atoms. The van der Waals surface area contributed by atoms with Crippen LogP contribution in [0.1, 0.15) is 51.7 Å². The van der Waals surface area contributed by atoms with Gasteiger partial charge in [-0.25, -0.2) is 4.98 Å². The Balaban J connectivity index is 2.19. The van der Waals surface area contributed by atoms with Crippen LogP contribution in [-0.4, -0.2) is 22.0 Å². The van der Waals surface area contributed by atoms with E-state index in [9.17, 15) is 9.59 Å². The van der Waals surface area contributed by atoms with Crippen LogP contribution >= 0.6 is 11.3 Å². The quantitative estimate of drug-likeness (QED) is 0.815. The summed E-state index contributed by atoms with van der Waals surface area (Å²) in [5.74, 6) is -1.22. The van der Waals surface area contributed by atoms with Crippen molar-refractivity contribution in [2.24, 2.45) is 0 Å². The molecule has 0 aliphatic carbocycles. The number of amides is 1. The van der Waals surface area contributed by atoms with E-state index in [0.717, 1.165) is 23.4 Å². The fourth-order valence-corrected chi connectivity index (χ4v) is 3.39. The van der Waals surface area contributed by atoms with Crippen LogP contribution in [0.25, 0.3) is 0 Å². The van der Waals surface area contributed by atoms with Gasteiger partial charge >= 0.3 is 5.97 Å². The van der Waals surface area contributed by atoms with Gasteiger partial charge in [0.25, 0.3) is 5.91 Å². The first-order chi connectivity index (χ1) is 11.0. The summed E-state index contributed by atoms with van der Waals surface area (Å²) in [6.07, 6.45) is 1.66. The normalized spacial score (nSPS) is 11.9. The van der Waals surface area contributed by atoms with E-state index < -0.39 is 12.0 Å². The molecule has 0 saturated carbocycles. The Kier molecular flexibility index (Phi) is 5.87. The average molecular weight is 332 g/mol. The first-order valence-corrected chi connectivity index (χ1v) is 8.36. The van der Waals surface area contributed by atoms with Crippen molar-refractivity contribution in [3.05, 3.63) is 51.5 Å². The lowest BCUT2D eigenvalue weighted by Crippen LogP contribution is -2.30. The molecule has 1 amide bonds. The molecule has 1 heterocycles. The molecule has 0 spiro atoms. The van der Waals surface area contributed by atoms with Gasteiger partial charge in [0, 0.05) is 0 Å². The molecular formula is C17H20N2O3S. The second kappa shape index (κ2) is 7.87. The van der Waals surface area contributed by atoms with Gasteiger partial charge in [-0.2, -0.15) is 0 Å². The number of carboxylic acids is 1. The Labute approximate surface area is 139 Å². The minimum atomic E-state index is -0.952. The zero-order valence-electron chi connectivity index (χ0n) is 13.2. The molecule has 0 saturated heterocycles. The summed E-state index contributed by atoms with van der Waals surface area (Å²) >= 11 is 1.38. The number of nitrogens with zero attached hydrogens (tertiary/aromatic N) is 1. The summed E-state index contributed by atoms with van der Waals surface area (Å²) in [5, 5.41) is 12.9. The number of nitrogens with one attached hydrogen (secondary N) is 1. The molecule has 0 fully saturated rings. The number of aryl methyl sites for hydroxylation is 2. The highest BCUT2D eigenvalue weighted by molar-refractivity contribution is 7.13. The molecule has 23 heavy (non-hydrogen) atoms. The average Bonchev–Trinajstić information content (AvgIpc) is 2.88. The third-order valence-electron chi connectivity index (χ3n) is 3.40. The number of thiazole rings is 1. The number of benzene rings is 1. The van der Waals surface area contributed by atoms with Crippen molar-refractivity contribution in [3.8, 4) is 0 Å². The SMILES string of the molecule is CCCc1nc(C)c(C(=O)NC(CC(=O)O)c2ccccc2)s1. The zero-order chi connectivity index (χ0) is 16.8. The van der Waals surface area contributed by atoms with E-state index in [1.807, 2.05) is 30.3 Å². The molecule has 122 valence electrons. The van der Waals surface area contributed by atoms with Crippen molar-refractivity contribution in [2.75, 3.05) is 0 Å². The Bertz CT molecular complexity index is 682. The maximum absolute atomic E-state index is 12.5. The van der Waals surface area contributed by atoms with Crippen molar-refractivity contribution in [1.29, 1.82) is 0 Å². The number of aliphatic carboxylic acids is 1. The van der Waals surface area contributed by atoms with E-state index in [0.29, 0.717) is 10.6 Å². The highest BCUT2D eigenvalue weighted by atomic mass is 32.1. The van der Waals surface area contributed by atoms with E-state index in [-0.39, 0.29) is 12.3 Å². The number of carbonyl (C=O) groups is 2. The van der Waals surface area contributed by atoms with Crippen LogP contribution in [0, 0.1) is 6.92 Å². The number of hydrogen-bond donors (Lipinski definition) is 2. The molecule has 6 heteroatoms. The van der Waals surface area contributed by atoms with Crippen LogP contribution < -0.4 is 5.32 Å². The second-order valence-electron chi connectivity index (χ2n) is 5.31. The van der Waals surface area contributed by atoms with Crippen LogP contribution in [-0.2, 0) is 11.2 Å².